The van der Waals surface area contributed by atoms with E-state index in [4.69, 9.17) is 23.7 Å². The Hall–Kier alpha value is -3.69. The second-order valence-corrected chi connectivity index (χ2v) is 8.84. The van der Waals surface area contributed by atoms with Crippen LogP contribution in [0.2, 0.25) is 0 Å². The molecule has 0 aromatic heterocycles. The molecule has 1 aliphatic rings. The average molecular weight is 491 g/mol. The number of hydrogen-bond acceptors (Lipinski definition) is 9. The normalized spacial score (nSPS) is 15.7. The number of hydrogen-bond donors (Lipinski definition) is 2. The van der Waals surface area contributed by atoms with Gasteiger partial charge in [-0.05, 0) is 34.6 Å². The fourth-order valence-electron chi connectivity index (χ4n) is 3.91. The number of carbonyl (C=O) groups excluding carboxylic acids is 3. The third kappa shape index (κ3) is 6.26. The van der Waals surface area contributed by atoms with Crippen molar-refractivity contribution in [1.82, 2.24) is 10.6 Å². The lowest BCUT2D eigenvalue weighted by Gasteiger charge is -2.32. The molecule has 1 atom stereocenters. The van der Waals surface area contributed by atoms with Crippen molar-refractivity contribution in [2.24, 2.45) is 0 Å². The summed E-state index contributed by atoms with van der Waals surface area (Å²) in [6.07, 6.45) is 0. The van der Waals surface area contributed by atoms with Crippen molar-refractivity contribution in [1.29, 1.82) is 0 Å². The molecule has 0 spiro atoms. The predicted octanol–water partition coefficient (Wildman–Crippen LogP) is 2.58. The number of dihydropyridines is 1. The van der Waals surface area contributed by atoms with Crippen LogP contribution < -0.4 is 24.8 Å². The number of rotatable bonds is 8. The minimum absolute atomic E-state index is 0.196. The van der Waals surface area contributed by atoms with Crippen molar-refractivity contribution in [3.8, 4) is 17.2 Å². The van der Waals surface area contributed by atoms with Crippen LogP contribution in [-0.4, -0.2) is 58.4 Å². The lowest BCUT2D eigenvalue weighted by molar-refractivity contribution is -0.154. The predicted molar refractivity (Wildman–Crippen MR) is 128 cm³/mol. The first-order valence-electron chi connectivity index (χ1n) is 10.9. The van der Waals surface area contributed by atoms with Gasteiger partial charge < -0.3 is 34.3 Å². The summed E-state index contributed by atoms with van der Waals surface area (Å²) < 4.78 is 26.9. The first-order chi connectivity index (χ1) is 16.4. The third-order valence-corrected chi connectivity index (χ3v) is 5.27. The number of methoxy groups -OCH3 is 4. The van der Waals surface area contributed by atoms with Gasteiger partial charge in [0.15, 0.2) is 0 Å². The molecule has 1 aromatic carbocycles. The van der Waals surface area contributed by atoms with Crippen molar-refractivity contribution in [2.45, 2.75) is 46.1 Å². The molecule has 0 fully saturated rings. The smallest absolute Gasteiger partial charge is 0.336 e. The Bertz CT molecular complexity index is 1040. The maximum absolute atomic E-state index is 13.5. The van der Waals surface area contributed by atoms with Gasteiger partial charge in [-0.3, -0.25) is 9.59 Å². The Morgan fingerprint density at radius 2 is 1.46 bits per heavy atom. The van der Waals surface area contributed by atoms with Gasteiger partial charge in [0.2, 0.25) is 5.91 Å². The SMILES string of the molecule is COC(=O)C1=C(C)NC(C)=C(C(=O)NCC(=O)OC(C)(C)C)C1c1c(OC)cc(OC)cc1OC. The van der Waals surface area contributed by atoms with Crippen molar-refractivity contribution in [2.75, 3.05) is 35.0 Å². The van der Waals surface area contributed by atoms with Crippen LogP contribution in [0.3, 0.4) is 0 Å². The monoisotopic (exact) mass is 490 g/mol. The molecule has 1 aliphatic heterocycles. The maximum Gasteiger partial charge on any atom is 0.336 e. The van der Waals surface area contributed by atoms with Crippen molar-refractivity contribution in [3.63, 3.8) is 0 Å². The fraction of sp³-hybridized carbons (Fsp3) is 0.480. The van der Waals surface area contributed by atoms with Crippen LogP contribution in [0.25, 0.3) is 0 Å². The van der Waals surface area contributed by atoms with Crippen LogP contribution in [-0.2, 0) is 23.9 Å². The van der Waals surface area contributed by atoms with Crippen molar-refractivity contribution >= 4 is 17.8 Å². The Morgan fingerprint density at radius 1 is 0.914 bits per heavy atom. The third-order valence-electron chi connectivity index (χ3n) is 5.27. The maximum atomic E-state index is 13.5. The lowest BCUT2D eigenvalue weighted by Crippen LogP contribution is -2.39. The van der Waals surface area contributed by atoms with E-state index < -0.39 is 29.4 Å². The van der Waals surface area contributed by atoms with Gasteiger partial charge in [0.1, 0.15) is 29.4 Å². The summed E-state index contributed by atoms with van der Waals surface area (Å²) in [5, 5.41) is 5.68. The minimum atomic E-state index is -0.932. The number of esters is 2. The molecule has 2 N–H and O–H groups in total. The minimum Gasteiger partial charge on any atom is -0.496 e. The van der Waals surface area contributed by atoms with Crippen LogP contribution in [0.15, 0.2) is 34.7 Å². The zero-order chi connectivity index (χ0) is 26.5. The summed E-state index contributed by atoms with van der Waals surface area (Å²) in [6, 6.07) is 3.27. The quantitative estimate of drug-likeness (QED) is 0.530. The summed E-state index contributed by atoms with van der Waals surface area (Å²) >= 11 is 0. The molecular formula is C25H34N2O8. The first kappa shape index (κ1) is 27.6. The summed E-state index contributed by atoms with van der Waals surface area (Å²) in [5.41, 5.74) is 1.11. The van der Waals surface area contributed by atoms with Gasteiger partial charge in [0.25, 0.3) is 0 Å². The molecule has 0 bridgehead atoms. The number of allylic oxidation sites excluding steroid dienone is 2. The Morgan fingerprint density at radius 3 is 1.91 bits per heavy atom. The van der Waals surface area contributed by atoms with Gasteiger partial charge >= 0.3 is 11.9 Å². The highest BCUT2D eigenvalue weighted by molar-refractivity contribution is 6.03. The molecule has 1 aromatic rings. The van der Waals surface area contributed by atoms with Crippen LogP contribution in [0.5, 0.6) is 17.2 Å². The zero-order valence-electron chi connectivity index (χ0n) is 21.7. The van der Waals surface area contributed by atoms with E-state index in [-0.39, 0.29) is 17.7 Å². The van der Waals surface area contributed by atoms with E-state index >= 15 is 0 Å². The van der Waals surface area contributed by atoms with Gasteiger partial charge in [-0.15, -0.1) is 0 Å². The van der Waals surface area contributed by atoms with E-state index in [1.165, 1.54) is 28.4 Å². The van der Waals surface area contributed by atoms with E-state index in [1.54, 1.807) is 46.8 Å². The van der Waals surface area contributed by atoms with E-state index in [1.807, 2.05) is 0 Å². The zero-order valence-corrected chi connectivity index (χ0v) is 21.7. The molecule has 10 heteroatoms. The molecule has 2 rings (SSSR count). The summed E-state index contributed by atoms with van der Waals surface area (Å²) in [6.45, 7) is 8.26. The molecule has 0 saturated heterocycles. The number of ether oxygens (including phenoxy) is 5. The molecule has 192 valence electrons. The molecule has 35 heavy (non-hydrogen) atoms. The second-order valence-electron chi connectivity index (χ2n) is 8.84. The highest BCUT2D eigenvalue weighted by atomic mass is 16.6. The van der Waals surface area contributed by atoms with Crippen LogP contribution in [0.4, 0.5) is 0 Å². The molecule has 0 radical (unpaired) electrons. The van der Waals surface area contributed by atoms with Crippen molar-refractivity contribution in [3.05, 3.63) is 40.2 Å². The number of nitrogens with one attached hydrogen (secondary N) is 2. The summed E-state index contributed by atoms with van der Waals surface area (Å²) in [7, 11) is 5.69. The topological polar surface area (TPSA) is 121 Å². The van der Waals surface area contributed by atoms with Crippen LogP contribution >= 0.6 is 0 Å². The molecule has 1 heterocycles. The Balaban J connectivity index is 2.66. The largest absolute Gasteiger partial charge is 0.496 e. The van der Waals surface area contributed by atoms with Gasteiger partial charge in [-0.2, -0.15) is 0 Å². The molecule has 1 unspecified atom stereocenters. The van der Waals surface area contributed by atoms with Crippen molar-refractivity contribution < 1.29 is 38.1 Å². The van der Waals surface area contributed by atoms with E-state index in [2.05, 4.69) is 10.6 Å². The first-order valence-corrected chi connectivity index (χ1v) is 10.9. The number of carbonyl (C=O) groups is 3. The molecule has 1 amide bonds. The second kappa shape index (κ2) is 11.2. The molecule has 10 nitrogen and oxygen atoms in total. The Kier molecular flexibility index (Phi) is 8.78. The summed E-state index contributed by atoms with van der Waals surface area (Å²) in [5.74, 6) is -1.58. The van der Waals surface area contributed by atoms with Gasteiger partial charge in [-0.25, -0.2) is 4.79 Å². The van der Waals surface area contributed by atoms with E-state index in [0.29, 0.717) is 34.2 Å². The van der Waals surface area contributed by atoms with Gasteiger partial charge in [0.05, 0.1) is 39.9 Å². The lowest BCUT2D eigenvalue weighted by atomic mass is 9.79. The van der Waals surface area contributed by atoms with Crippen LogP contribution in [0.1, 0.15) is 46.1 Å². The number of benzene rings is 1. The number of amides is 1. The fourth-order valence-corrected chi connectivity index (χ4v) is 3.91. The molecule has 0 saturated carbocycles. The Labute approximate surface area is 205 Å². The standard InChI is InChI=1S/C25H34N2O8/c1-13-19(23(29)26-12-18(28)35-25(3,4)5)22(20(14(2)27-13)24(30)34-9)21-16(32-7)10-15(31-6)11-17(21)33-8/h10-11,22,27H,12H2,1-9H3,(H,26,29). The van der Waals surface area contributed by atoms with E-state index in [0.717, 1.165) is 0 Å². The molecule has 0 aliphatic carbocycles. The molecular weight excluding hydrogens is 456 g/mol. The van der Waals surface area contributed by atoms with E-state index in [9.17, 15) is 14.4 Å². The van der Waals surface area contributed by atoms with Gasteiger partial charge in [-0.1, -0.05) is 0 Å². The average Bonchev–Trinajstić information content (AvgIpc) is 2.79. The highest BCUT2D eigenvalue weighted by Crippen LogP contribution is 2.48. The summed E-state index contributed by atoms with van der Waals surface area (Å²) in [4.78, 5) is 38.6. The van der Waals surface area contributed by atoms with Gasteiger partial charge in [0, 0.05) is 34.7 Å². The highest BCUT2D eigenvalue weighted by Gasteiger charge is 2.40. The van der Waals surface area contributed by atoms with Crippen LogP contribution in [0, 0.1) is 0 Å².